The van der Waals surface area contributed by atoms with Crippen LogP contribution in [0, 0.1) is 0 Å². The second-order valence-electron chi connectivity index (χ2n) is 7.19. The lowest BCUT2D eigenvalue weighted by Gasteiger charge is -2.13. The van der Waals surface area contributed by atoms with Gasteiger partial charge in [0.2, 0.25) is 0 Å². The second kappa shape index (κ2) is 10.5. The van der Waals surface area contributed by atoms with Crippen LogP contribution in [-0.4, -0.2) is 23.2 Å². The number of rotatable bonds is 7. The maximum Gasteiger partial charge on any atom is 0.293 e. The molecule has 168 valence electrons. The van der Waals surface area contributed by atoms with Gasteiger partial charge in [-0.1, -0.05) is 63.9 Å². The molecule has 5 nitrogen and oxygen atoms in total. The summed E-state index contributed by atoms with van der Waals surface area (Å²) >= 11 is 10.5. The predicted molar refractivity (Wildman–Crippen MR) is 134 cm³/mol. The molecule has 1 aliphatic rings. The Hall–Kier alpha value is -2.74. The molecule has 0 aromatic heterocycles. The Bertz CT molecular complexity index is 1250. The van der Waals surface area contributed by atoms with Crippen molar-refractivity contribution in [1.29, 1.82) is 0 Å². The average Bonchev–Trinajstić information content (AvgIpc) is 3.06. The molecule has 1 fully saturated rings. The molecule has 33 heavy (non-hydrogen) atoms. The molecule has 0 saturated carbocycles. The van der Waals surface area contributed by atoms with Crippen molar-refractivity contribution in [2.75, 3.05) is 7.11 Å². The first-order chi connectivity index (χ1) is 15.9. The molecular weight excluding hydrogens is 526 g/mol. The molecule has 0 spiro atoms. The van der Waals surface area contributed by atoms with Crippen LogP contribution in [0.3, 0.4) is 0 Å². The molecule has 1 aliphatic heterocycles. The number of carbonyl (C=O) groups excluding carboxylic acids is 2. The summed E-state index contributed by atoms with van der Waals surface area (Å²) in [7, 11) is 1.55. The highest BCUT2D eigenvalue weighted by atomic mass is 79.9. The van der Waals surface area contributed by atoms with Gasteiger partial charge in [-0.3, -0.25) is 14.5 Å². The van der Waals surface area contributed by atoms with Crippen LogP contribution < -0.4 is 9.47 Å². The number of methoxy groups -OCH3 is 1. The third kappa shape index (κ3) is 5.61. The Morgan fingerprint density at radius 2 is 1.85 bits per heavy atom. The lowest BCUT2D eigenvalue weighted by atomic mass is 10.1. The summed E-state index contributed by atoms with van der Waals surface area (Å²) in [6.45, 7) is 0.517. The molecule has 0 N–H and O–H groups in total. The van der Waals surface area contributed by atoms with E-state index in [9.17, 15) is 9.59 Å². The Balaban J connectivity index is 1.49. The highest BCUT2D eigenvalue weighted by molar-refractivity contribution is 9.10. The zero-order chi connectivity index (χ0) is 23.4. The van der Waals surface area contributed by atoms with Gasteiger partial charge in [-0.05, 0) is 59.3 Å². The van der Waals surface area contributed by atoms with Gasteiger partial charge in [-0.2, -0.15) is 0 Å². The van der Waals surface area contributed by atoms with E-state index in [4.69, 9.17) is 21.1 Å². The summed E-state index contributed by atoms with van der Waals surface area (Å²) in [5, 5.41) is 0.338. The van der Waals surface area contributed by atoms with Gasteiger partial charge in [0.15, 0.2) is 11.5 Å². The molecule has 1 saturated heterocycles. The van der Waals surface area contributed by atoms with Crippen LogP contribution in [-0.2, 0) is 17.9 Å². The maximum absolute atomic E-state index is 12.9. The predicted octanol–water partition coefficient (Wildman–Crippen LogP) is 6.93. The van der Waals surface area contributed by atoms with E-state index in [2.05, 4.69) is 15.9 Å². The van der Waals surface area contributed by atoms with Crippen LogP contribution >= 0.6 is 39.3 Å². The highest BCUT2D eigenvalue weighted by Gasteiger charge is 2.35. The molecular formula is C25H19BrClNO4S. The van der Waals surface area contributed by atoms with E-state index in [1.54, 1.807) is 25.3 Å². The molecule has 0 atom stereocenters. The van der Waals surface area contributed by atoms with Gasteiger partial charge in [0, 0.05) is 15.1 Å². The summed E-state index contributed by atoms with van der Waals surface area (Å²) in [5.41, 5.74) is 2.46. The van der Waals surface area contributed by atoms with E-state index in [-0.39, 0.29) is 17.7 Å². The Morgan fingerprint density at radius 3 is 2.61 bits per heavy atom. The number of amides is 2. The van der Waals surface area contributed by atoms with E-state index in [1.807, 2.05) is 54.6 Å². The van der Waals surface area contributed by atoms with Gasteiger partial charge in [0.1, 0.15) is 6.61 Å². The summed E-state index contributed by atoms with van der Waals surface area (Å²) in [6.07, 6.45) is 1.69. The average molecular weight is 545 g/mol. The quantitative estimate of drug-likeness (QED) is 0.302. The molecule has 1 heterocycles. The molecule has 0 unspecified atom stereocenters. The molecule has 0 bridgehead atoms. The fraction of sp³-hybridized carbons (Fsp3) is 0.120. The van der Waals surface area contributed by atoms with Gasteiger partial charge in [0.05, 0.1) is 18.6 Å². The lowest BCUT2D eigenvalue weighted by molar-refractivity contribution is -0.123. The molecule has 0 aliphatic carbocycles. The van der Waals surface area contributed by atoms with Gasteiger partial charge in [-0.25, -0.2) is 0 Å². The Kier molecular flexibility index (Phi) is 7.42. The van der Waals surface area contributed by atoms with Crippen LogP contribution in [0.2, 0.25) is 5.02 Å². The van der Waals surface area contributed by atoms with Crippen molar-refractivity contribution in [2.45, 2.75) is 13.2 Å². The standard InChI is InChI=1S/C25H19BrClNO4S/c1-31-22-12-16(9-10-21(22)32-15-18-6-2-3-8-20(18)27)13-23-24(29)28(25(30)33-23)14-17-5-4-7-19(26)11-17/h2-13H,14-15H2,1H3/b23-13+. The molecule has 2 amide bonds. The number of imide groups is 1. The number of benzene rings is 3. The number of hydrogen-bond donors (Lipinski definition) is 0. The number of nitrogens with zero attached hydrogens (tertiary/aromatic N) is 1. The molecule has 3 aromatic rings. The first kappa shape index (κ1) is 23.4. The number of hydrogen-bond acceptors (Lipinski definition) is 5. The lowest BCUT2D eigenvalue weighted by Crippen LogP contribution is -2.27. The first-order valence-electron chi connectivity index (χ1n) is 9.98. The number of halogens is 2. The van der Waals surface area contributed by atoms with Crippen LogP contribution in [0.25, 0.3) is 6.08 Å². The van der Waals surface area contributed by atoms with Gasteiger partial charge >= 0.3 is 0 Å². The third-order valence-corrected chi connectivity index (χ3v) is 6.70. The topological polar surface area (TPSA) is 55.8 Å². The normalized spacial score (nSPS) is 14.8. The smallest absolute Gasteiger partial charge is 0.293 e. The minimum absolute atomic E-state index is 0.222. The van der Waals surface area contributed by atoms with E-state index >= 15 is 0 Å². The fourth-order valence-corrected chi connectivity index (χ4v) is 4.74. The summed E-state index contributed by atoms with van der Waals surface area (Å²) in [5.74, 6) is 0.754. The molecule has 8 heteroatoms. The van der Waals surface area contributed by atoms with E-state index < -0.39 is 0 Å². The number of ether oxygens (including phenoxy) is 2. The zero-order valence-electron chi connectivity index (χ0n) is 17.6. The summed E-state index contributed by atoms with van der Waals surface area (Å²) in [4.78, 5) is 26.9. The van der Waals surface area contributed by atoms with Crippen molar-refractivity contribution < 1.29 is 19.1 Å². The summed E-state index contributed by atoms with van der Waals surface area (Å²) < 4.78 is 12.2. The van der Waals surface area contributed by atoms with Crippen LogP contribution in [0.4, 0.5) is 4.79 Å². The summed E-state index contributed by atoms with van der Waals surface area (Å²) in [6, 6.07) is 20.4. The minimum Gasteiger partial charge on any atom is -0.493 e. The van der Waals surface area contributed by atoms with E-state index in [0.29, 0.717) is 28.0 Å². The van der Waals surface area contributed by atoms with Crippen molar-refractivity contribution in [3.63, 3.8) is 0 Å². The fourth-order valence-electron chi connectivity index (χ4n) is 3.27. The van der Waals surface area contributed by atoms with Crippen LogP contribution in [0.1, 0.15) is 16.7 Å². The second-order valence-corrected chi connectivity index (χ2v) is 9.50. The van der Waals surface area contributed by atoms with Crippen molar-refractivity contribution in [3.05, 3.63) is 97.8 Å². The first-order valence-corrected chi connectivity index (χ1v) is 12.0. The van der Waals surface area contributed by atoms with Gasteiger partial charge < -0.3 is 9.47 Å². The van der Waals surface area contributed by atoms with Crippen LogP contribution in [0.5, 0.6) is 11.5 Å². The third-order valence-electron chi connectivity index (χ3n) is 4.93. The number of carbonyl (C=O) groups is 2. The SMILES string of the molecule is COc1cc(/C=C2/SC(=O)N(Cc3cccc(Br)c3)C2=O)ccc1OCc1ccccc1Cl. The van der Waals surface area contributed by atoms with Gasteiger partial charge in [-0.15, -0.1) is 0 Å². The van der Waals surface area contributed by atoms with Crippen molar-refractivity contribution in [2.24, 2.45) is 0 Å². The number of thioether (sulfide) groups is 1. The molecule has 0 radical (unpaired) electrons. The minimum atomic E-state index is -0.317. The Labute approximate surface area is 209 Å². The van der Waals surface area contributed by atoms with Crippen molar-refractivity contribution in [1.82, 2.24) is 4.90 Å². The Morgan fingerprint density at radius 1 is 1.03 bits per heavy atom. The molecule has 4 rings (SSSR count). The van der Waals surface area contributed by atoms with E-state index in [0.717, 1.165) is 32.9 Å². The monoisotopic (exact) mass is 543 g/mol. The highest BCUT2D eigenvalue weighted by Crippen LogP contribution is 2.35. The van der Waals surface area contributed by atoms with Crippen LogP contribution in [0.15, 0.2) is 76.1 Å². The maximum atomic E-state index is 12.9. The van der Waals surface area contributed by atoms with Crippen molar-refractivity contribution in [3.8, 4) is 11.5 Å². The van der Waals surface area contributed by atoms with E-state index in [1.165, 1.54) is 4.90 Å². The molecule has 3 aromatic carbocycles. The largest absolute Gasteiger partial charge is 0.493 e. The van der Waals surface area contributed by atoms with Gasteiger partial charge in [0.25, 0.3) is 11.1 Å². The van der Waals surface area contributed by atoms with Crippen molar-refractivity contribution >= 4 is 56.5 Å². The zero-order valence-corrected chi connectivity index (χ0v) is 20.7.